The minimum atomic E-state index is -0.992. The quantitative estimate of drug-likeness (QED) is 0.214. The molecule has 0 spiro atoms. The van der Waals surface area contributed by atoms with Crippen LogP contribution in [-0.2, 0) is 27.2 Å². The maximum Gasteiger partial charge on any atom is 0.354 e. The molecule has 0 saturated heterocycles. The third-order valence-electron chi connectivity index (χ3n) is 5.94. The van der Waals surface area contributed by atoms with Gasteiger partial charge in [-0.15, -0.1) is 12.1 Å². The van der Waals surface area contributed by atoms with E-state index in [4.69, 9.17) is 5.11 Å². The molecule has 1 radical (unpaired) electrons. The van der Waals surface area contributed by atoms with Crippen molar-refractivity contribution < 1.29 is 30.0 Å². The van der Waals surface area contributed by atoms with Crippen LogP contribution < -0.4 is 0 Å². The molecule has 8 heteroatoms. The van der Waals surface area contributed by atoms with E-state index in [0.29, 0.717) is 0 Å². The molecule has 167 valence electrons. The molecule has 7 nitrogen and oxygen atoms in total. The third kappa shape index (κ3) is 3.67. The van der Waals surface area contributed by atoms with Crippen LogP contribution in [-0.4, -0.2) is 35.0 Å². The van der Waals surface area contributed by atoms with Crippen LogP contribution in [0.15, 0.2) is 61.2 Å². The number of para-hydroxylation sites is 1. The number of benzene rings is 1. The Kier molecular flexibility index (Phi) is 5.97. The number of aryl methyl sites for hydroxylation is 2. The Balaban J connectivity index is 0.000000154. The number of fused-ring (bicyclic) bond motifs is 7. The minimum absolute atomic E-state index is 0. The van der Waals surface area contributed by atoms with Gasteiger partial charge in [-0.25, -0.2) is 9.78 Å². The summed E-state index contributed by atoms with van der Waals surface area (Å²) in [6, 6.07) is 14.9. The fourth-order valence-electron chi connectivity index (χ4n) is 4.06. The molecular formula is C25H20IrN5O2-. The van der Waals surface area contributed by atoms with Crippen molar-refractivity contribution in [3.63, 3.8) is 0 Å². The van der Waals surface area contributed by atoms with E-state index in [-0.39, 0.29) is 25.8 Å². The molecule has 0 aliphatic rings. The van der Waals surface area contributed by atoms with Gasteiger partial charge in [-0.3, -0.25) is 4.98 Å². The standard InChI is InChI=1S/C14H8N3.C11H12N2O2.Ir/c1-2-6-12-10(4-1)13-11(5-3-7-15-13)14-16-8-9-17(12)14;1-6-7(2)13(3)10-4-9(11(14)15)12-5-8(6)10;/h1-4,6-9H;4-5H,1-3H3,(H,14,15);/q-1;;. The number of pyridine rings is 3. The second kappa shape index (κ2) is 8.73. The Morgan fingerprint density at radius 1 is 1.03 bits per heavy atom. The third-order valence-corrected chi connectivity index (χ3v) is 5.94. The van der Waals surface area contributed by atoms with Crippen molar-refractivity contribution in [3.05, 3.63) is 84.2 Å². The van der Waals surface area contributed by atoms with Crippen LogP contribution in [0, 0.1) is 19.9 Å². The Morgan fingerprint density at radius 3 is 2.61 bits per heavy atom. The fraction of sp³-hybridized carbons (Fsp3) is 0.120. The van der Waals surface area contributed by atoms with Crippen LogP contribution >= 0.6 is 0 Å². The van der Waals surface area contributed by atoms with E-state index in [9.17, 15) is 4.79 Å². The Labute approximate surface area is 203 Å². The monoisotopic (exact) mass is 615 g/mol. The molecule has 0 atom stereocenters. The van der Waals surface area contributed by atoms with Crippen LogP contribution in [0.3, 0.4) is 0 Å². The van der Waals surface area contributed by atoms with Gasteiger partial charge in [-0.05, 0) is 42.4 Å². The van der Waals surface area contributed by atoms with Crippen molar-refractivity contribution in [3.8, 4) is 0 Å². The van der Waals surface area contributed by atoms with Gasteiger partial charge in [0.05, 0.1) is 11.2 Å². The normalized spacial score (nSPS) is 10.9. The summed E-state index contributed by atoms with van der Waals surface area (Å²) >= 11 is 0. The topological polar surface area (TPSA) is 85.3 Å². The summed E-state index contributed by atoms with van der Waals surface area (Å²) in [5, 5.41) is 12.0. The van der Waals surface area contributed by atoms with Gasteiger partial charge in [0.25, 0.3) is 0 Å². The van der Waals surface area contributed by atoms with Crippen molar-refractivity contribution in [2.45, 2.75) is 13.8 Å². The van der Waals surface area contributed by atoms with E-state index in [1.165, 1.54) is 0 Å². The van der Waals surface area contributed by atoms with E-state index in [1.807, 2.05) is 56.1 Å². The number of hydrogen-bond acceptors (Lipinski definition) is 4. The van der Waals surface area contributed by atoms with E-state index in [1.54, 1.807) is 18.5 Å². The first-order valence-corrected chi connectivity index (χ1v) is 10.1. The predicted molar refractivity (Wildman–Crippen MR) is 124 cm³/mol. The summed E-state index contributed by atoms with van der Waals surface area (Å²) in [6.45, 7) is 4.02. The molecule has 0 aliphatic carbocycles. The Morgan fingerprint density at radius 2 is 1.82 bits per heavy atom. The molecule has 0 amide bonds. The molecule has 6 rings (SSSR count). The number of aromatic carboxylic acids is 1. The first-order valence-electron chi connectivity index (χ1n) is 10.1. The first-order chi connectivity index (χ1) is 15.5. The van der Waals surface area contributed by atoms with Crippen LogP contribution in [0.5, 0.6) is 0 Å². The molecule has 33 heavy (non-hydrogen) atoms. The molecule has 1 aromatic carbocycles. The van der Waals surface area contributed by atoms with E-state index >= 15 is 0 Å². The van der Waals surface area contributed by atoms with Crippen LogP contribution in [0.2, 0.25) is 0 Å². The van der Waals surface area contributed by atoms with Gasteiger partial charge in [-0.1, -0.05) is 29.8 Å². The minimum Gasteiger partial charge on any atom is -0.477 e. The smallest absolute Gasteiger partial charge is 0.354 e. The van der Waals surface area contributed by atoms with Crippen LogP contribution in [0.25, 0.3) is 38.4 Å². The van der Waals surface area contributed by atoms with E-state index < -0.39 is 5.97 Å². The van der Waals surface area contributed by atoms with Crippen molar-refractivity contribution in [1.29, 1.82) is 0 Å². The summed E-state index contributed by atoms with van der Waals surface area (Å²) in [7, 11) is 1.93. The van der Waals surface area contributed by atoms with Crippen molar-refractivity contribution in [2.75, 3.05) is 0 Å². The SMILES string of the molecule is Cc1c(C)n(C)c2cc(C(=O)O)ncc12.[Ir].[c-]1ccnc2c1c1nccn1c1ccccc21. The number of rotatable bonds is 1. The largest absolute Gasteiger partial charge is 0.477 e. The zero-order valence-corrected chi connectivity index (χ0v) is 20.6. The second-order valence-corrected chi connectivity index (χ2v) is 7.61. The fourth-order valence-corrected chi connectivity index (χ4v) is 4.06. The molecule has 0 aliphatic heterocycles. The Bertz CT molecular complexity index is 1580. The summed E-state index contributed by atoms with van der Waals surface area (Å²) < 4.78 is 4.06. The number of imidazole rings is 1. The Hall–Kier alpha value is -3.61. The number of nitrogens with zero attached hydrogens (tertiary/aromatic N) is 5. The summed E-state index contributed by atoms with van der Waals surface area (Å²) in [4.78, 5) is 23.5. The van der Waals surface area contributed by atoms with Gasteiger partial charge in [0.15, 0.2) is 0 Å². The molecule has 0 saturated carbocycles. The maximum absolute atomic E-state index is 10.8. The number of carboxylic acid groups (broad SMARTS) is 1. The first kappa shape index (κ1) is 22.6. The van der Waals surface area contributed by atoms with Gasteiger partial charge in [0.1, 0.15) is 5.69 Å². The van der Waals surface area contributed by atoms with Gasteiger partial charge in [0, 0.05) is 62.3 Å². The average molecular weight is 615 g/mol. The molecule has 5 aromatic heterocycles. The van der Waals surface area contributed by atoms with Crippen molar-refractivity contribution >= 4 is 44.3 Å². The maximum atomic E-state index is 10.8. The molecule has 5 heterocycles. The number of hydrogen-bond donors (Lipinski definition) is 1. The van der Waals surface area contributed by atoms with Crippen molar-refractivity contribution in [2.24, 2.45) is 7.05 Å². The molecule has 6 aromatic rings. The van der Waals surface area contributed by atoms with Gasteiger partial charge in [0.2, 0.25) is 0 Å². The number of carboxylic acids is 1. The molecule has 0 fully saturated rings. The van der Waals surface area contributed by atoms with E-state index in [2.05, 4.69) is 37.6 Å². The second-order valence-electron chi connectivity index (χ2n) is 7.61. The number of aromatic nitrogens is 5. The summed E-state index contributed by atoms with van der Waals surface area (Å²) in [5.74, 6) is -0.992. The summed E-state index contributed by atoms with van der Waals surface area (Å²) in [6.07, 6.45) is 7.18. The zero-order chi connectivity index (χ0) is 22.4. The molecular weight excluding hydrogens is 595 g/mol. The van der Waals surface area contributed by atoms with Gasteiger partial charge >= 0.3 is 5.97 Å². The van der Waals surface area contributed by atoms with Crippen LogP contribution in [0.1, 0.15) is 21.7 Å². The molecule has 0 bridgehead atoms. The molecule has 1 N–H and O–H groups in total. The van der Waals surface area contributed by atoms with Crippen molar-refractivity contribution in [1.82, 2.24) is 23.9 Å². The zero-order valence-electron chi connectivity index (χ0n) is 18.2. The number of carbonyl (C=O) groups is 1. The van der Waals surface area contributed by atoms with E-state index in [0.717, 1.165) is 49.6 Å². The molecule has 0 unspecified atom stereocenters. The average Bonchev–Trinajstić information content (AvgIpc) is 3.40. The van der Waals surface area contributed by atoms with Crippen LogP contribution in [0.4, 0.5) is 0 Å². The van der Waals surface area contributed by atoms with Gasteiger partial charge in [-0.2, -0.15) is 0 Å². The van der Waals surface area contributed by atoms with Gasteiger partial charge < -0.3 is 19.1 Å². The summed E-state index contributed by atoms with van der Waals surface area (Å²) in [5.41, 5.74) is 6.28. The predicted octanol–water partition coefficient (Wildman–Crippen LogP) is 4.72.